The van der Waals surface area contributed by atoms with Crippen molar-refractivity contribution in [1.82, 2.24) is 20.2 Å². The molecule has 20 heavy (non-hydrogen) atoms. The topological polar surface area (TPSA) is 78.1 Å². The van der Waals surface area contributed by atoms with Crippen molar-refractivity contribution in [3.8, 4) is 0 Å². The number of carbonyl (C=O) groups excluding carboxylic acids is 1. The number of nitrogens with zero attached hydrogens (tertiary/aromatic N) is 2. The molecule has 0 aliphatic heterocycles. The van der Waals surface area contributed by atoms with Gasteiger partial charge in [-0.15, -0.1) is 11.3 Å². The number of likely N-dealkylation sites (N-methyl/N-ethyl adjacent to an activating group) is 1. The van der Waals surface area contributed by atoms with Gasteiger partial charge in [0.1, 0.15) is 10.5 Å². The van der Waals surface area contributed by atoms with Gasteiger partial charge in [-0.2, -0.15) is 0 Å². The number of H-pyrrole nitrogens is 1. The van der Waals surface area contributed by atoms with Gasteiger partial charge in [0.05, 0.1) is 18.1 Å². The number of fused-ring (bicyclic) bond motifs is 1. The van der Waals surface area contributed by atoms with E-state index in [0.717, 1.165) is 0 Å². The molecule has 0 aromatic carbocycles. The normalized spacial score (nSPS) is 12.6. The highest BCUT2D eigenvalue weighted by atomic mass is 32.1. The van der Waals surface area contributed by atoms with Gasteiger partial charge in [-0.25, -0.2) is 4.98 Å². The first-order chi connectivity index (χ1) is 9.52. The van der Waals surface area contributed by atoms with E-state index in [1.54, 1.807) is 18.9 Å². The number of carbonyl (C=O) groups is 1. The fraction of sp³-hybridized carbons (Fsp3) is 0.462. The summed E-state index contributed by atoms with van der Waals surface area (Å²) in [7, 11) is 1.76. The Morgan fingerprint density at radius 1 is 1.60 bits per heavy atom. The second kappa shape index (κ2) is 6.15. The summed E-state index contributed by atoms with van der Waals surface area (Å²) >= 11 is 1.37. The fourth-order valence-corrected chi connectivity index (χ4v) is 2.55. The van der Waals surface area contributed by atoms with E-state index < -0.39 is 0 Å². The highest BCUT2D eigenvalue weighted by molar-refractivity contribution is 7.17. The Morgan fingerprint density at radius 3 is 3.05 bits per heavy atom. The first kappa shape index (κ1) is 14.7. The summed E-state index contributed by atoms with van der Waals surface area (Å²) in [5.41, 5.74) is 0.562. The third-order valence-electron chi connectivity index (χ3n) is 3.16. The average molecular weight is 294 g/mol. The lowest BCUT2D eigenvalue weighted by Gasteiger charge is -2.20. The summed E-state index contributed by atoms with van der Waals surface area (Å²) in [5, 5.41) is 4.92. The molecule has 0 saturated carbocycles. The van der Waals surface area contributed by atoms with Crippen LogP contribution in [0.4, 0.5) is 0 Å². The third kappa shape index (κ3) is 3.05. The number of aromatic amines is 1. The maximum Gasteiger partial charge on any atom is 0.268 e. The molecule has 6 nitrogen and oxygen atoms in total. The number of aromatic nitrogens is 2. The van der Waals surface area contributed by atoms with E-state index in [4.69, 9.17) is 0 Å². The molecule has 0 radical (unpaired) electrons. The Hall–Kier alpha value is -1.73. The molecule has 1 amide bonds. The molecule has 0 aliphatic rings. The Labute approximate surface area is 120 Å². The van der Waals surface area contributed by atoms with Crippen LogP contribution in [0.5, 0.6) is 0 Å². The molecule has 0 saturated heterocycles. The highest BCUT2D eigenvalue weighted by Crippen LogP contribution is 2.13. The van der Waals surface area contributed by atoms with Gasteiger partial charge in [-0.3, -0.25) is 14.9 Å². The smallest absolute Gasteiger partial charge is 0.268 e. The summed E-state index contributed by atoms with van der Waals surface area (Å²) in [6.45, 7) is 4.75. The van der Waals surface area contributed by atoms with Crippen molar-refractivity contribution in [3.63, 3.8) is 0 Å². The van der Waals surface area contributed by atoms with E-state index in [1.165, 1.54) is 11.3 Å². The van der Waals surface area contributed by atoms with E-state index in [9.17, 15) is 9.59 Å². The lowest BCUT2D eigenvalue weighted by molar-refractivity contribution is -0.131. The summed E-state index contributed by atoms with van der Waals surface area (Å²) < 4.78 is 0.628. The molecule has 7 heteroatoms. The Morgan fingerprint density at radius 2 is 2.35 bits per heavy atom. The van der Waals surface area contributed by atoms with Crippen LogP contribution in [0, 0.1) is 0 Å². The van der Waals surface area contributed by atoms with Crippen molar-refractivity contribution in [3.05, 3.63) is 27.6 Å². The first-order valence-electron chi connectivity index (χ1n) is 6.47. The highest BCUT2D eigenvalue weighted by Gasteiger charge is 2.16. The molecule has 1 atom stereocenters. The van der Waals surface area contributed by atoms with E-state index in [-0.39, 0.29) is 17.5 Å². The second-order valence-electron chi connectivity index (χ2n) is 4.60. The summed E-state index contributed by atoms with van der Waals surface area (Å²) in [6.07, 6.45) is 0. The van der Waals surface area contributed by atoms with Crippen molar-refractivity contribution < 1.29 is 4.79 Å². The molecule has 108 valence electrons. The lowest BCUT2D eigenvalue weighted by atomic mass is 10.3. The minimum atomic E-state index is -0.316. The molecular weight excluding hydrogens is 276 g/mol. The van der Waals surface area contributed by atoms with Crippen molar-refractivity contribution in [2.45, 2.75) is 26.4 Å². The van der Waals surface area contributed by atoms with E-state index >= 15 is 0 Å². The lowest BCUT2D eigenvalue weighted by Crippen LogP contribution is -2.43. The molecule has 1 unspecified atom stereocenters. The van der Waals surface area contributed by atoms with Crippen LogP contribution in [0.3, 0.4) is 0 Å². The van der Waals surface area contributed by atoms with Crippen LogP contribution in [0.25, 0.3) is 10.2 Å². The van der Waals surface area contributed by atoms with E-state index in [0.29, 0.717) is 29.1 Å². The van der Waals surface area contributed by atoms with E-state index in [2.05, 4.69) is 15.3 Å². The van der Waals surface area contributed by atoms with Crippen molar-refractivity contribution >= 4 is 27.5 Å². The van der Waals surface area contributed by atoms with Crippen molar-refractivity contribution in [2.24, 2.45) is 0 Å². The standard InChI is InChI=1S/C13H18N4O2S/c1-4-17(3)13(19)8(2)14-7-10-15-9-5-6-20-11(9)12(18)16-10/h5-6,8,14H,4,7H2,1-3H3,(H,15,16,18). The summed E-state index contributed by atoms with van der Waals surface area (Å²) in [5.74, 6) is 0.561. The van der Waals surface area contributed by atoms with Crippen molar-refractivity contribution in [1.29, 1.82) is 0 Å². The molecule has 2 rings (SSSR count). The molecule has 2 heterocycles. The van der Waals surface area contributed by atoms with Gasteiger partial charge in [-0.05, 0) is 25.3 Å². The quantitative estimate of drug-likeness (QED) is 0.860. The number of hydrogen-bond donors (Lipinski definition) is 2. The van der Waals surface area contributed by atoms with Gasteiger partial charge in [0, 0.05) is 13.6 Å². The second-order valence-corrected chi connectivity index (χ2v) is 5.52. The summed E-state index contributed by atoms with van der Waals surface area (Å²) in [4.78, 5) is 32.5. The number of hydrogen-bond acceptors (Lipinski definition) is 5. The fourth-order valence-electron chi connectivity index (χ4n) is 1.83. The Balaban J connectivity index is 2.05. The monoisotopic (exact) mass is 294 g/mol. The van der Waals surface area contributed by atoms with Crippen LogP contribution < -0.4 is 10.9 Å². The molecule has 0 aliphatic carbocycles. The van der Waals surface area contributed by atoms with E-state index in [1.807, 2.05) is 18.4 Å². The molecule has 0 fully saturated rings. The van der Waals surface area contributed by atoms with Crippen LogP contribution >= 0.6 is 11.3 Å². The number of thiophene rings is 1. The molecule has 2 N–H and O–H groups in total. The number of nitrogens with one attached hydrogen (secondary N) is 2. The predicted molar refractivity (Wildman–Crippen MR) is 79.9 cm³/mol. The molecule has 0 bridgehead atoms. The third-order valence-corrected chi connectivity index (χ3v) is 4.06. The number of rotatable bonds is 5. The SMILES string of the molecule is CCN(C)C(=O)C(C)NCc1nc2ccsc2c(=O)[nH]1. The first-order valence-corrected chi connectivity index (χ1v) is 7.35. The van der Waals surface area contributed by atoms with Gasteiger partial charge in [-0.1, -0.05) is 0 Å². The van der Waals surface area contributed by atoms with Crippen molar-refractivity contribution in [2.75, 3.05) is 13.6 Å². The number of amides is 1. The Bertz CT molecular complexity index is 664. The minimum absolute atomic E-state index is 0.0199. The van der Waals surface area contributed by atoms with Gasteiger partial charge >= 0.3 is 0 Å². The zero-order valence-corrected chi connectivity index (χ0v) is 12.6. The van der Waals surface area contributed by atoms with Gasteiger partial charge in [0.25, 0.3) is 5.56 Å². The zero-order chi connectivity index (χ0) is 14.7. The average Bonchev–Trinajstić information content (AvgIpc) is 2.92. The molecule has 2 aromatic heterocycles. The molecular formula is C13H18N4O2S. The predicted octanol–water partition coefficient (Wildman–Crippen LogP) is 0.941. The van der Waals surface area contributed by atoms with Gasteiger partial charge < -0.3 is 9.88 Å². The molecule has 0 spiro atoms. The minimum Gasteiger partial charge on any atom is -0.345 e. The maximum atomic E-state index is 11.9. The Kier molecular flexibility index (Phi) is 4.51. The van der Waals surface area contributed by atoms with Crippen LogP contribution in [0.2, 0.25) is 0 Å². The van der Waals surface area contributed by atoms with Gasteiger partial charge in [0.2, 0.25) is 5.91 Å². The van der Waals surface area contributed by atoms with Gasteiger partial charge in [0.15, 0.2) is 0 Å². The van der Waals surface area contributed by atoms with Crippen LogP contribution in [0.15, 0.2) is 16.2 Å². The summed E-state index contributed by atoms with van der Waals surface area (Å²) in [6, 6.07) is 1.50. The largest absolute Gasteiger partial charge is 0.345 e. The zero-order valence-electron chi connectivity index (χ0n) is 11.8. The maximum absolute atomic E-state index is 11.9. The van der Waals surface area contributed by atoms with Crippen LogP contribution in [-0.4, -0.2) is 40.4 Å². The van der Waals surface area contributed by atoms with Crippen LogP contribution in [-0.2, 0) is 11.3 Å². The molecule has 2 aromatic rings. The van der Waals surface area contributed by atoms with Crippen LogP contribution in [0.1, 0.15) is 19.7 Å².